The van der Waals surface area contributed by atoms with Crippen LogP contribution in [0, 0.1) is 13.8 Å². The minimum absolute atomic E-state index is 0.509. The molecule has 0 fully saturated rings. The molecule has 0 radical (unpaired) electrons. The Labute approximate surface area is 108 Å². The van der Waals surface area contributed by atoms with Gasteiger partial charge in [0.2, 0.25) is 0 Å². The maximum atomic E-state index is 5.80. The maximum Gasteiger partial charge on any atom is 0.139 e. The van der Waals surface area contributed by atoms with Gasteiger partial charge in [0.1, 0.15) is 17.5 Å². The second-order valence-electron chi connectivity index (χ2n) is 3.77. The Kier molecular flexibility index (Phi) is 3.28. The molecule has 88 valence electrons. The fourth-order valence-electron chi connectivity index (χ4n) is 1.47. The van der Waals surface area contributed by atoms with Gasteiger partial charge in [-0.2, -0.15) is 0 Å². The van der Waals surface area contributed by atoms with Crippen molar-refractivity contribution in [2.45, 2.75) is 13.8 Å². The molecule has 1 aromatic carbocycles. The number of hydrogen-bond donors (Lipinski definition) is 2. The van der Waals surface area contributed by atoms with Crippen molar-refractivity contribution in [1.29, 1.82) is 0 Å². The van der Waals surface area contributed by atoms with Gasteiger partial charge in [0.05, 0.1) is 0 Å². The van der Waals surface area contributed by atoms with Gasteiger partial charge in [0, 0.05) is 15.7 Å². The zero-order valence-electron chi connectivity index (χ0n) is 9.66. The Hall–Kier alpha value is -1.62. The molecule has 0 saturated heterocycles. The molecule has 1 aromatic heterocycles. The van der Waals surface area contributed by atoms with Crippen LogP contribution in [0.15, 0.2) is 28.7 Å². The molecule has 1 heterocycles. The summed E-state index contributed by atoms with van der Waals surface area (Å²) >= 11 is 3.43. The van der Waals surface area contributed by atoms with Crippen LogP contribution in [0.2, 0.25) is 0 Å². The number of nitrogens with one attached hydrogen (secondary N) is 1. The highest BCUT2D eigenvalue weighted by atomic mass is 79.9. The summed E-state index contributed by atoms with van der Waals surface area (Å²) in [4.78, 5) is 8.45. The number of anilines is 3. The maximum absolute atomic E-state index is 5.80. The van der Waals surface area contributed by atoms with Gasteiger partial charge in [-0.1, -0.05) is 22.0 Å². The molecule has 0 aliphatic heterocycles. The third kappa shape index (κ3) is 2.74. The minimum atomic E-state index is 0.509. The number of rotatable bonds is 2. The number of aryl methyl sites for hydroxylation is 1. The van der Waals surface area contributed by atoms with Crippen molar-refractivity contribution >= 4 is 33.3 Å². The Balaban J connectivity index is 2.36. The van der Waals surface area contributed by atoms with Crippen LogP contribution >= 0.6 is 15.9 Å². The van der Waals surface area contributed by atoms with E-state index in [0.29, 0.717) is 11.6 Å². The van der Waals surface area contributed by atoms with Crippen LogP contribution in [-0.4, -0.2) is 9.97 Å². The normalized spacial score (nSPS) is 10.3. The van der Waals surface area contributed by atoms with Crippen LogP contribution in [0.4, 0.5) is 17.3 Å². The fourth-order valence-corrected chi connectivity index (χ4v) is 1.87. The summed E-state index contributed by atoms with van der Waals surface area (Å²) in [6.45, 7) is 3.72. The third-order valence-corrected chi connectivity index (χ3v) is 2.88. The van der Waals surface area contributed by atoms with Gasteiger partial charge in [0.25, 0.3) is 0 Å². The molecule has 2 rings (SSSR count). The molecule has 0 bridgehead atoms. The first-order chi connectivity index (χ1) is 8.06. The van der Waals surface area contributed by atoms with E-state index in [1.807, 2.05) is 38.1 Å². The number of halogens is 1. The molecule has 0 saturated carbocycles. The van der Waals surface area contributed by atoms with E-state index in [-0.39, 0.29) is 0 Å². The molecule has 0 aliphatic carbocycles. The Morgan fingerprint density at radius 2 is 2.00 bits per heavy atom. The Morgan fingerprint density at radius 1 is 1.24 bits per heavy atom. The van der Waals surface area contributed by atoms with Gasteiger partial charge in [-0.3, -0.25) is 0 Å². The van der Waals surface area contributed by atoms with Crippen LogP contribution in [0.3, 0.4) is 0 Å². The topological polar surface area (TPSA) is 63.8 Å². The van der Waals surface area contributed by atoms with Gasteiger partial charge < -0.3 is 11.1 Å². The first kappa shape index (κ1) is 11.9. The second-order valence-corrected chi connectivity index (χ2v) is 4.68. The molecule has 0 spiro atoms. The van der Waals surface area contributed by atoms with Gasteiger partial charge in [-0.25, -0.2) is 9.97 Å². The number of nitrogen functional groups attached to an aromatic ring is 1. The average Bonchev–Trinajstić information content (AvgIpc) is 2.25. The number of benzene rings is 1. The molecule has 0 amide bonds. The van der Waals surface area contributed by atoms with Crippen molar-refractivity contribution in [3.63, 3.8) is 0 Å². The lowest BCUT2D eigenvalue weighted by molar-refractivity contribution is 1.04. The first-order valence-corrected chi connectivity index (χ1v) is 5.99. The van der Waals surface area contributed by atoms with E-state index in [2.05, 4.69) is 31.2 Å². The molecular formula is C12H13BrN4. The average molecular weight is 293 g/mol. The summed E-state index contributed by atoms with van der Waals surface area (Å²) in [5.41, 5.74) is 7.62. The third-order valence-electron chi connectivity index (χ3n) is 2.38. The predicted octanol–water partition coefficient (Wildman–Crippen LogP) is 3.18. The summed E-state index contributed by atoms with van der Waals surface area (Å²) in [7, 11) is 0. The fraction of sp³-hybridized carbons (Fsp3) is 0.167. The van der Waals surface area contributed by atoms with E-state index in [1.165, 1.54) is 0 Å². The summed E-state index contributed by atoms with van der Waals surface area (Å²) in [6.07, 6.45) is 0. The first-order valence-electron chi connectivity index (χ1n) is 5.19. The Morgan fingerprint density at radius 3 is 2.71 bits per heavy atom. The van der Waals surface area contributed by atoms with Crippen LogP contribution in [0.25, 0.3) is 0 Å². The smallest absolute Gasteiger partial charge is 0.139 e. The lowest BCUT2D eigenvalue weighted by atomic mass is 10.2. The van der Waals surface area contributed by atoms with Crippen molar-refractivity contribution in [2.24, 2.45) is 0 Å². The van der Waals surface area contributed by atoms with E-state index in [0.717, 1.165) is 21.5 Å². The van der Waals surface area contributed by atoms with Gasteiger partial charge in [-0.05, 0) is 32.0 Å². The zero-order chi connectivity index (χ0) is 12.4. The highest BCUT2D eigenvalue weighted by Crippen LogP contribution is 2.23. The van der Waals surface area contributed by atoms with Gasteiger partial charge in [-0.15, -0.1) is 0 Å². The zero-order valence-corrected chi connectivity index (χ0v) is 11.2. The summed E-state index contributed by atoms with van der Waals surface area (Å²) < 4.78 is 1.01. The Bertz CT molecular complexity index is 554. The second kappa shape index (κ2) is 4.71. The van der Waals surface area contributed by atoms with Crippen molar-refractivity contribution in [1.82, 2.24) is 9.97 Å². The van der Waals surface area contributed by atoms with Gasteiger partial charge >= 0.3 is 0 Å². The monoisotopic (exact) mass is 292 g/mol. The SMILES string of the molecule is Cc1nc(N)c(C)c(Nc2cccc(Br)c2)n1. The molecule has 3 N–H and O–H groups in total. The van der Waals surface area contributed by atoms with Gasteiger partial charge in [0.15, 0.2) is 0 Å². The summed E-state index contributed by atoms with van der Waals surface area (Å²) in [5.74, 6) is 1.91. The molecule has 0 atom stereocenters. The number of hydrogen-bond acceptors (Lipinski definition) is 4. The van der Waals surface area contributed by atoms with E-state index < -0.39 is 0 Å². The summed E-state index contributed by atoms with van der Waals surface area (Å²) in [6, 6.07) is 7.88. The van der Waals surface area contributed by atoms with E-state index in [4.69, 9.17) is 5.73 Å². The molecule has 5 heteroatoms. The highest BCUT2D eigenvalue weighted by molar-refractivity contribution is 9.10. The van der Waals surface area contributed by atoms with Crippen LogP contribution in [-0.2, 0) is 0 Å². The molecule has 4 nitrogen and oxygen atoms in total. The van der Waals surface area contributed by atoms with Crippen LogP contribution in [0.5, 0.6) is 0 Å². The minimum Gasteiger partial charge on any atom is -0.383 e. The highest BCUT2D eigenvalue weighted by Gasteiger charge is 2.06. The molecule has 0 unspecified atom stereocenters. The molecule has 17 heavy (non-hydrogen) atoms. The predicted molar refractivity (Wildman–Crippen MR) is 73.3 cm³/mol. The van der Waals surface area contributed by atoms with Crippen LogP contribution in [0.1, 0.15) is 11.4 Å². The largest absolute Gasteiger partial charge is 0.383 e. The van der Waals surface area contributed by atoms with Crippen molar-refractivity contribution in [3.8, 4) is 0 Å². The van der Waals surface area contributed by atoms with E-state index in [1.54, 1.807) is 0 Å². The van der Waals surface area contributed by atoms with Crippen LogP contribution < -0.4 is 11.1 Å². The number of nitrogens with zero attached hydrogens (tertiary/aromatic N) is 2. The molecular weight excluding hydrogens is 280 g/mol. The molecule has 0 aliphatic rings. The van der Waals surface area contributed by atoms with E-state index >= 15 is 0 Å². The quantitative estimate of drug-likeness (QED) is 0.892. The lowest BCUT2D eigenvalue weighted by Crippen LogP contribution is -2.04. The summed E-state index contributed by atoms with van der Waals surface area (Å²) in [5, 5.41) is 3.23. The van der Waals surface area contributed by atoms with Crippen molar-refractivity contribution in [3.05, 3.63) is 40.1 Å². The lowest BCUT2D eigenvalue weighted by Gasteiger charge is -2.10. The van der Waals surface area contributed by atoms with E-state index in [9.17, 15) is 0 Å². The van der Waals surface area contributed by atoms with Crippen molar-refractivity contribution in [2.75, 3.05) is 11.1 Å². The molecule has 2 aromatic rings. The van der Waals surface area contributed by atoms with Crippen molar-refractivity contribution < 1.29 is 0 Å². The standard InChI is InChI=1S/C12H13BrN4/c1-7-11(14)15-8(2)16-12(7)17-10-5-3-4-9(13)6-10/h3-6H,1-2H3,(H3,14,15,16,17). The number of aromatic nitrogens is 2. The number of nitrogens with two attached hydrogens (primary N) is 1.